The minimum Gasteiger partial charge on any atom is -0.462 e. The first-order valence-electron chi connectivity index (χ1n) is 8.45. The molecule has 1 unspecified atom stereocenters. The zero-order chi connectivity index (χ0) is 21.6. The lowest BCUT2D eigenvalue weighted by Crippen LogP contribution is -2.30. The minimum atomic E-state index is -1.30. The maximum Gasteiger partial charge on any atom is 0.339 e. The number of non-ortho nitro benzene ring substituents is 1. The van der Waals surface area contributed by atoms with Gasteiger partial charge in [-0.25, -0.2) is 14.0 Å². The molecule has 1 atom stereocenters. The highest BCUT2D eigenvalue weighted by molar-refractivity contribution is 5.99. The normalized spacial score (nSPS) is 11.3. The van der Waals surface area contributed by atoms with Gasteiger partial charge >= 0.3 is 11.9 Å². The van der Waals surface area contributed by atoms with Crippen LogP contribution in [0.2, 0.25) is 0 Å². The number of halogens is 1. The van der Waals surface area contributed by atoms with Gasteiger partial charge in [-0.3, -0.25) is 14.9 Å². The highest BCUT2D eigenvalue weighted by Gasteiger charge is 2.23. The van der Waals surface area contributed by atoms with Crippen molar-refractivity contribution in [2.45, 2.75) is 20.0 Å². The molecule has 0 heterocycles. The molecule has 0 radical (unpaired) electrons. The lowest BCUT2D eigenvalue weighted by Gasteiger charge is -2.14. The predicted octanol–water partition coefficient (Wildman–Crippen LogP) is 3.09. The van der Waals surface area contributed by atoms with E-state index in [9.17, 15) is 28.9 Å². The fourth-order valence-electron chi connectivity index (χ4n) is 2.26. The van der Waals surface area contributed by atoms with Crippen molar-refractivity contribution in [1.82, 2.24) is 0 Å². The van der Waals surface area contributed by atoms with Gasteiger partial charge in [0.15, 0.2) is 6.10 Å². The number of benzene rings is 2. The molecule has 29 heavy (non-hydrogen) atoms. The van der Waals surface area contributed by atoms with Gasteiger partial charge in [-0.1, -0.05) is 6.07 Å². The number of esters is 2. The van der Waals surface area contributed by atoms with E-state index in [0.717, 1.165) is 24.3 Å². The van der Waals surface area contributed by atoms with Crippen molar-refractivity contribution in [2.24, 2.45) is 0 Å². The number of hydrogen-bond donors (Lipinski definition) is 1. The van der Waals surface area contributed by atoms with Crippen LogP contribution in [0.25, 0.3) is 0 Å². The van der Waals surface area contributed by atoms with Crippen LogP contribution in [0.4, 0.5) is 15.8 Å². The highest BCUT2D eigenvalue weighted by atomic mass is 19.1. The molecule has 0 aromatic heterocycles. The summed E-state index contributed by atoms with van der Waals surface area (Å²) in [5, 5.41) is 13.5. The van der Waals surface area contributed by atoms with Gasteiger partial charge in [0.2, 0.25) is 0 Å². The largest absolute Gasteiger partial charge is 0.462 e. The lowest BCUT2D eigenvalue weighted by molar-refractivity contribution is -0.384. The second kappa shape index (κ2) is 9.40. The Bertz CT molecular complexity index is 961. The van der Waals surface area contributed by atoms with Gasteiger partial charge in [0, 0.05) is 17.8 Å². The minimum absolute atomic E-state index is 0.0403. The number of carbonyl (C=O) groups excluding carboxylic acids is 3. The molecule has 0 saturated heterocycles. The van der Waals surface area contributed by atoms with Crippen molar-refractivity contribution in [3.05, 3.63) is 69.5 Å². The van der Waals surface area contributed by atoms with Crippen LogP contribution >= 0.6 is 0 Å². The van der Waals surface area contributed by atoms with Gasteiger partial charge in [-0.15, -0.1) is 0 Å². The molecule has 2 aromatic carbocycles. The number of anilines is 1. The third-order valence-electron chi connectivity index (χ3n) is 3.62. The quantitative estimate of drug-likeness (QED) is 0.427. The van der Waals surface area contributed by atoms with E-state index >= 15 is 0 Å². The summed E-state index contributed by atoms with van der Waals surface area (Å²) in [7, 11) is 0. The smallest absolute Gasteiger partial charge is 0.339 e. The summed E-state index contributed by atoms with van der Waals surface area (Å²) in [5.74, 6) is -3.20. The summed E-state index contributed by atoms with van der Waals surface area (Å²) in [5.41, 5.74) is -0.852. The van der Waals surface area contributed by atoms with Crippen molar-refractivity contribution in [2.75, 3.05) is 11.9 Å². The topological polar surface area (TPSA) is 125 Å². The molecule has 152 valence electrons. The van der Waals surface area contributed by atoms with Crippen LogP contribution in [-0.4, -0.2) is 35.5 Å². The van der Waals surface area contributed by atoms with E-state index in [0.29, 0.717) is 0 Å². The SMILES string of the molecule is CCOC(=O)c1cc(C(=O)OC(C)C(=O)Nc2cccc(F)c2)cc([N+](=O)[O-])c1. The van der Waals surface area contributed by atoms with Crippen molar-refractivity contribution in [1.29, 1.82) is 0 Å². The fourth-order valence-corrected chi connectivity index (χ4v) is 2.26. The summed E-state index contributed by atoms with van der Waals surface area (Å²) in [6, 6.07) is 8.08. The van der Waals surface area contributed by atoms with E-state index in [-0.39, 0.29) is 23.4 Å². The summed E-state index contributed by atoms with van der Waals surface area (Å²) in [6.07, 6.45) is -1.30. The van der Waals surface area contributed by atoms with E-state index in [2.05, 4.69) is 5.32 Å². The first-order valence-corrected chi connectivity index (χ1v) is 8.45. The van der Waals surface area contributed by atoms with Crippen LogP contribution < -0.4 is 5.32 Å². The van der Waals surface area contributed by atoms with Gasteiger partial charge in [0.1, 0.15) is 5.82 Å². The summed E-state index contributed by atoms with van der Waals surface area (Å²) < 4.78 is 23.0. The van der Waals surface area contributed by atoms with Gasteiger partial charge in [0.25, 0.3) is 11.6 Å². The Hall–Kier alpha value is -3.82. The highest BCUT2D eigenvalue weighted by Crippen LogP contribution is 2.20. The average molecular weight is 404 g/mol. The van der Waals surface area contributed by atoms with Gasteiger partial charge in [-0.05, 0) is 38.1 Å². The molecule has 0 aliphatic heterocycles. The van der Waals surface area contributed by atoms with Crippen LogP contribution in [0.3, 0.4) is 0 Å². The molecule has 0 saturated carbocycles. The number of nitro groups is 1. The van der Waals surface area contributed by atoms with E-state index < -0.39 is 40.4 Å². The zero-order valence-electron chi connectivity index (χ0n) is 15.5. The molecule has 10 heteroatoms. The predicted molar refractivity (Wildman–Crippen MR) is 99.0 cm³/mol. The molecular formula is C19H17FN2O7. The van der Waals surface area contributed by atoms with Crippen molar-refractivity contribution in [3.63, 3.8) is 0 Å². The maximum atomic E-state index is 13.2. The van der Waals surface area contributed by atoms with Gasteiger partial charge in [0.05, 0.1) is 22.7 Å². The molecule has 1 N–H and O–H groups in total. The Morgan fingerprint density at radius 1 is 1.14 bits per heavy atom. The number of rotatable bonds is 7. The maximum absolute atomic E-state index is 13.2. The number of nitrogens with zero attached hydrogens (tertiary/aromatic N) is 1. The first-order chi connectivity index (χ1) is 13.7. The number of hydrogen-bond acceptors (Lipinski definition) is 7. The van der Waals surface area contributed by atoms with Crippen molar-refractivity contribution < 1.29 is 33.2 Å². The van der Waals surface area contributed by atoms with Crippen LogP contribution in [0.15, 0.2) is 42.5 Å². The van der Waals surface area contributed by atoms with Crippen molar-refractivity contribution in [3.8, 4) is 0 Å². The monoisotopic (exact) mass is 404 g/mol. The molecular weight excluding hydrogens is 387 g/mol. The molecule has 0 spiro atoms. The van der Waals surface area contributed by atoms with E-state index in [1.807, 2.05) is 0 Å². The second-order valence-corrected chi connectivity index (χ2v) is 5.79. The molecule has 0 bridgehead atoms. The van der Waals surface area contributed by atoms with Gasteiger partial charge < -0.3 is 14.8 Å². The number of amides is 1. The second-order valence-electron chi connectivity index (χ2n) is 5.79. The Kier molecular flexibility index (Phi) is 6.96. The summed E-state index contributed by atoms with van der Waals surface area (Å²) in [6.45, 7) is 2.87. The molecule has 0 aliphatic carbocycles. The van der Waals surface area contributed by atoms with Crippen LogP contribution in [0, 0.1) is 15.9 Å². The third kappa shape index (κ3) is 5.83. The number of nitrogens with one attached hydrogen (secondary N) is 1. The molecule has 0 fully saturated rings. The Morgan fingerprint density at radius 2 is 1.79 bits per heavy atom. The van der Waals surface area contributed by atoms with Crippen molar-refractivity contribution >= 4 is 29.2 Å². The summed E-state index contributed by atoms with van der Waals surface area (Å²) >= 11 is 0. The van der Waals surface area contributed by atoms with Gasteiger partial charge in [-0.2, -0.15) is 0 Å². The van der Waals surface area contributed by atoms with Crippen LogP contribution in [0.5, 0.6) is 0 Å². The molecule has 9 nitrogen and oxygen atoms in total. The fraction of sp³-hybridized carbons (Fsp3) is 0.211. The molecule has 2 aromatic rings. The Labute approximate surface area is 164 Å². The Morgan fingerprint density at radius 3 is 2.38 bits per heavy atom. The number of ether oxygens (including phenoxy) is 2. The molecule has 0 aliphatic rings. The lowest BCUT2D eigenvalue weighted by atomic mass is 10.1. The van der Waals surface area contributed by atoms with E-state index in [4.69, 9.17) is 9.47 Å². The molecule has 1 amide bonds. The van der Waals surface area contributed by atoms with Crippen LogP contribution in [0.1, 0.15) is 34.6 Å². The standard InChI is InChI=1S/C19H17FN2O7/c1-3-28-18(24)12-7-13(9-16(8-12)22(26)27)19(25)29-11(2)17(23)21-15-6-4-5-14(20)10-15/h4-11H,3H2,1-2H3,(H,21,23). The zero-order valence-corrected chi connectivity index (χ0v) is 15.5. The van der Waals surface area contributed by atoms with Crippen LogP contribution in [-0.2, 0) is 14.3 Å². The third-order valence-corrected chi connectivity index (χ3v) is 3.62. The number of carbonyl (C=O) groups is 3. The van der Waals surface area contributed by atoms with E-state index in [1.54, 1.807) is 6.92 Å². The molecule has 2 rings (SSSR count). The number of nitro benzene ring substituents is 1. The first kappa shape index (κ1) is 21.5. The Balaban J connectivity index is 2.17. The average Bonchev–Trinajstić information content (AvgIpc) is 2.67. The summed E-state index contributed by atoms with van der Waals surface area (Å²) in [4.78, 5) is 46.6. The van der Waals surface area contributed by atoms with E-state index in [1.165, 1.54) is 25.1 Å².